The highest BCUT2D eigenvalue weighted by atomic mass is 16.1. The molecule has 2 atom stereocenters. The Balaban J connectivity index is 1.44. The van der Waals surface area contributed by atoms with E-state index < -0.39 is 6.04 Å². The Morgan fingerprint density at radius 1 is 0.938 bits per heavy atom. The zero-order valence-electron chi connectivity index (χ0n) is 17.6. The molecule has 32 heavy (non-hydrogen) atoms. The third kappa shape index (κ3) is 3.84. The van der Waals surface area contributed by atoms with Crippen LogP contribution in [0.25, 0.3) is 16.6 Å². The molecule has 5 aromatic rings. The summed E-state index contributed by atoms with van der Waals surface area (Å²) in [6.07, 6.45) is 4.99. The lowest BCUT2D eigenvalue weighted by atomic mass is 9.95. The third-order valence-electron chi connectivity index (χ3n) is 5.74. The summed E-state index contributed by atoms with van der Waals surface area (Å²) in [7, 11) is 0. The number of para-hydroxylation sites is 1. The second-order valence-electron chi connectivity index (χ2n) is 7.78. The van der Waals surface area contributed by atoms with Gasteiger partial charge in [-0.1, -0.05) is 60.7 Å². The van der Waals surface area contributed by atoms with Gasteiger partial charge in [0.15, 0.2) is 5.78 Å². The molecular formula is C26H23N5O. The van der Waals surface area contributed by atoms with Gasteiger partial charge in [0.05, 0.1) is 11.7 Å². The third-order valence-corrected chi connectivity index (χ3v) is 5.74. The molecule has 5 rings (SSSR count). The van der Waals surface area contributed by atoms with Crippen molar-refractivity contribution in [2.24, 2.45) is 0 Å². The number of carbonyl (C=O) groups excluding carboxylic acids is 1. The van der Waals surface area contributed by atoms with Crippen molar-refractivity contribution in [3.63, 3.8) is 0 Å². The summed E-state index contributed by atoms with van der Waals surface area (Å²) in [5, 5.41) is 8.66. The minimum absolute atomic E-state index is 0.0414. The number of hydrogen-bond acceptors (Lipinski definition) is 4. The van der Waals surface area contributed by atoms with E-state index in [1.165, 1.54) is 6.33 Å². The molecule has 2 heterocycles. The van der Waals surface area contributed by atoms with E-state index in [1.807, 2.05) is 85.1 Å². The van der Waals surface area contributed by atoms with Crippen molar-refractivity contribution in [2.45, 2.75) is 19.0 Å². The number of hydrogen-bond donors (Lipinski definition) is 2. The molecule has 6 nitrogen and oxygen atoms in total. The van der Waals surface area contributed by atoms with Crippen LogP contribution in [-0.4, -0.2) is 25.5 Å². The van der Waals surface area contributed by atoms with E-state index in [0.717, 1.165) is 27.7 Å². The summed E-state index contributed by atoms with van der Waals surface area (Å²) < 4.78 is 1.72. The predicted molar refractivity (Wildman–Crippen MR) is 125 cm³/mol. The Labute approximate surface area is 185 Å². The van der Waals surface area contributed by atoms with E-state index in [1.54, 1.807) is 11.0 Å². The molecule has 2 N–H and O–H groups in total. The van der Waals surface area contributed by atoms with Crippen LogP contribution < -0.4 is 5.32 Å². The molecular weight excluding hydrogens is 398 g/mol. The predicted octanol–water partition coefficient (Wildman–Crippen LogP) is 5.02. The van der Waals surface area contributed by atoms with Crippen molar-refractivity contribution < 1.29 is 4.79 Å². The van der Waals surface area contributed by atoms with Gasteiger partial charge in [-0.05, 0) is 36.2 Å². The minimum Gasteiger partial charge on any atom is -0.360 e. The standard InChI is InChI=1S/C26H23N5O/c1-18(19-11-13-21(14-12-19)31-17-27-16-29-31)30-25(20-7-3-2-4-8-20)26(32)23-15-28-24-10-6-5-9-22(23)24/h2-18,25,28,30H,1H3/t18-,25-/m0/s1. The van der Waals surface area contributed by atoms with Crippen LogP contribution in [0.1, 0.15) is 40.5 Å². The van der Waals surface area contributed by atoms with Crippen LogP contribution >= 0.6 is 0 Å². The van der Waals surface area contributed by atoms with Crippen LogP contribution in [0.5, 0.6) is 0 Å². The van der Waals surface area contributed by atoms with E-state index in [9.17, 15) is 4.79 Å². The molecule has 0 fully saturated rings. The van der Waals surface area contributed by atoms with Crippen molar-refractivity contribution in [1.29, 1.82) is 0 Å². The SMILES string of the molecule is C[C@H](N[C@H](C(=O)c1c[nH]c2ccccc12)c1ccccc1)c1ccc(-n2cncn2)cc1. The number of carbonyl (C=O) groups is 1. The quantitative estimate of drug-likeness (QED) is 0.362. The highest BCUT2D eigenvalue weighted by Crippen LogP contribution is 2.27. The summed E-state index contributed by atoms with van der Waals surface area (Å²) in [5.74, 6) is 0.0414. The molecule has 0 unspecified atom stereocenters. The van der Waals surface area contributed by atoms with Crippen molar-refractivity contribution >= 4 is 16.7 Å². The molecule has 0 saturated carbocycles. The molecule has 3 aromatic carbocycles. The average Bonchev–Trinajstić information content (AvgIpc) is 3.53. The molecule has 0 amide bonds. The second-order valence-corrected chi connectivity index (χ2v) is 7.78. The van der Waals surface area contributed by atoms with Gasteiger partial charge in [0.2, 0.25) is 0 Å². The van der Waals surface area contributed by atoms with Gasteiger partial charge in [-0.2, -0.15) is 5.10 Å². The lowest BCUT2D eigenvalue weighted by Crippen LogP contribution is -2.31. The fourth-order valence-corrected chi connectivity index (χ4v) is 4.00. The van der Waals surface area contributed by atoms with E-state index in [4.69, 9.17) is 0 Å². The van der Waals surface area contributed by atoms with E-state index in [0.29, 0.717) is 5.56 Å². The molecule has 2 aromatic heterocycles. The monoisotopic (exact) mass is 421 g/mol. The largest absolute Gasteiger partial charge is 0.360 e. The average molecular weight is 422 g/mol. The molecule has 0 aliphatic heterocycles. The fourth-order valence-electron chi connectivity index (χ4n) is 4.00. The van der Waals surface area contributed by atoms with E-state index in [-0.39, 0.29) is 11.8 Å². The highest BCUT2D eigenvalue weighted by Gasteiger charge is 2.26. The van der Waals surface area contributed by atoms with Crippen LogP contribution in [-0.2, 0) is 0 Å². The number of Topliss-reactive ketones (excluding diaryl/α,β-unsaturated/α-hetero) is 1. The normalized spacial score (nSPS) is 13.2. The van der Waals surface area contributed by atoms with Crippen molar-refractivity contribution in [2.75, 3.05) is 0 Å². The van der Waals surface area contributed by atoms with Gasteiger partial charge in [-0.25, -0.2) is 9.67 Å². The minimum atomic E-state index is -0.472. The topological polar surface area (TPSA) is 75.6 Å². The van der Waals surface area contributed by atoms with E-state index >= 15 is 0 Å². The molecule has 0 aliphatic rings. The summed E-state index contributed by atoms with van der Waals surface area (Å²) in [5.41, 5.74) is 4.61. The molecule has 0 saturated heterocycles. The van der Waals surface area contributed by atoms with Crippen molar-refractivity contribution in [3.8, 4) is 5.69 Å². The Morgan fingerprint density at radius 2 is 1.69 bits per heavy atom. The number of nitrogens with zero attached hydrogens (tertiary/aromatic N) is 3. The first-order valence-electron chi connectivity index (χ1n) is 10.6. The first-order valence-corrected chi connectivity index (χ1v) is 10.6. The number of fused-ring (bicyclic) bond motifs is 1. The number of H-pyrrole nitrogens is 1. The zero-order chi connectivity index (χ0) is 21.9. The van der Waals surface area contributed by atoms with Gasteiger partial charge < -0.3 is 4.98 Å². The second kappa shape index (κ2) is 8.61. The fraction of sp³-hybridized carbons (Fsp3) is 0.115. The van der Waals surface area contributed by atoms with Gasteiger partial charge >= 0.3 is 0 Å². The maximum Gasteiger partial charge on any atom is 0.186 e. The molecule has 0 aliphatic carbocycles. The van der Waals surface area contributed by atoms with Crippen LogP contribution in [0, 0.1) is 0 Å². The number of aromatic amines is 1. The van der Waals surface area contributed by atoms with Crippen molar-refractivity contribution in [1.82, 2.24) is 25.1 Å². The summed E-state index contributed by atoms with van der Waals surface area (Å²) in [6, 6.07) is 25.3. The lowest BCUT2D eigenvalue weighted by molar-refractivity contribution is 0.0938. The van der Waals surface area contributed by atoms with Crippen LogP contribution in [0.4, 0.5) is 0 Å². The summed E-state index contributed by atoms with van der Waals surface area (Å²) in [6.45, 7) is 2.07. The zero-order valence-corrected chi connectivity index (χ0v) is 17.6. The first kappa shape index (κ1) is 19.9. The summed E-state index contributed by atoms with van der Waals surface area (Å²) in [4.78, 5) is 20.9. The molecule has 0 bridgehead atoms. The van der Waals surface area contributed by atoms with Gasteiger partial charge in [-0.3, -0.25) is 10.1 Å². The van der Waals surface area contributed by atoms with Gasteiger partial charge in [-0.15, -0.1) is 0 Å². The number of ketones is 1. The van der Waals surface area contributed by atoms with E-state index in [2.05, 4.69) is 27.3 Å². The van der Waals surface area contributed by atoms with Crippen LogP contribution in [0.15, 0.2) is 97.7 Å². The Bertz CT molecular complexity index is 1320. The number of benzene rings is 3. The molecule has 0 spiro atoms. The van der Waals surface area contributed by atoms with Gasteiger partial charge in [0.1, 0.15) is 12.7 Å². The summed E-state index contributed by atoms with van der Waals surface area (Å²) >= 11 is 0. The highest BCUT2D eigenvalue weighted by molar-refractivity contribution is 6.10. The molecule has 0 radical (unpaired) electrons. The number of aromatic nitrogens is 4. The molecule has 6 heteroatoms. The number of nitrogens with one attached hydrogen (secondary N) is 2. The first-order chi connectivity index (χ1) is 15.7. The maximum absolute atomic E-state index is 13.7. The Kier molecular flexibility index (Phi) is 5.35. The molecule has 158 valence electrons. The Hall–Kier alpha value is -4.03. The van der Waals surface area contributed by atoms with Crippen LogP contribution in [0.2, 0.25) is 0 Å². The smallest absolute Gasteiger partial charge is 0.186 e. The van der Waals surface area contributed by atoms with Crippen molar-refractivity contribution in [3.05, 3.63) is 114 Å². The van der Waals surface area contributed by atoms with Gasteiger partial charge in [0.25, 0.3) is 0 Å². The lowest BCUT2D eigenvalue weighted by Gasteiger charge is -2.23. The van der Waals surface area contributed by atoms with Gasteiger partial charge in [0, 0.05) is 28.7 Å². The number of rotatable bonds is 7. The van der Waals surface area contributed by atoms with Crippen LogP contribution in [0.3, 0.4) is 0 Å². The maximum atomic E-state index is 13.7. The Morgan fingerprint density at radius 3 is 2.44 bits per heavy atom.